The van der Waals surface area contributed by atoms with Gasteiger partial charge in [0, 0.05) is 54.6 Å². The molecule has 49 heavy (non-hydrogen) atoms. The van der Waals surface area contributed by atoms with E-state index in [2.05, 4.69) is 18.2 Å². The first-order chi connectivity index (χ1) is 24.3. The molecule has 7 heteroatoms. The van der Waals surface area contributed by atoms with Crippen molar-refractivity contribution in [2.75, 3.05) is 0 Å². The lowest BCUT2D eigenvalue weighted by Gasteiger charge is -2.10. The van der Waals surface area contributed by atoms with E-state index in [0.29, 0.717) is 28.9 Å². The Morgan fingerprint density at radius 2 is 0.980 bits per heavy atom. The quantitative estimate of drug-likeness (QED) is 0.179. The number of para-hydroxylation sites is 1. The molecule has 228 valence electrons. The van der Waals surface area contributed by atoms with Gasteiger partial charge in [-0.2, -0.15) is 0 Å². The number of aromatic nitrogens is 4. The van der Waals surface area contributed by atoms with E-state index in [9.17, 15) is 0 Å². The summed E-state index contributed by atoms with van der Waals surface area (Å²) < 4.78 is 19.3. The van der Waals surface area contributed by atoms with Gasteiger partial charge in [-0.1, -0.05) is 91.0 Å². The number of furan rings is 2. The number of hydrogen-bond donors (Lipinski definition) is 0. The zero-order chi connectivity index (χ0) is 32.1. The lowest BCUT2D eigenvalue weighted by molar-refractivity contribution is 0.623. The van der Waals surface area contributed by atoms with Gasteiger partial charge in [0.15, 0.2) is 23.1 Å². The van der Waals surface area contributed by atoms with Crippen LogP contribution < -0.4 is 0 Å². The van der Waals surface area contributed by atoms with E-state index in [0.717, 1.165) is 82.4 Å². The molecule has 7 nitrogen and oxygen atoms in total. The van der Waals surface area contributed by atoms with Gasteiger partial charge in [0.25, 0.3) is 0 Å². The van der Waals surface area contributed by atoms with Crippen LogP contribution in [0, 0.1) is 0 Å². The summed E-state index contributed by atoms with van der Waals surface area (Å²) in [7, 11) is 0. The number of benzene rings is 7. The molecule has 0 amide bonds. The fraction of sp³-hybridized carbons (Fsp3) is 0. The number of fused-ring (bicyclic) bond motifs is 6. The van der Waals surface area contributed by atoms with Crippen LogP contribution in [0.4, 0.5) is 0 Å². The first-order valence-electron chi connectivity index (χ1n) is 16.1. The van der Waals surface area contributed by atoms with Gasteiger partial charge < -0.3 is 13.3 Å². The summed E-state index contributed by atoms with van der Waals surface area (Å²) in [5, 5.41) is 5.87. The summed E-state index contributed by atoms with van der Waals surface area (Å²) in [6.07, 6.45) is 0. The monoisotopic (exact) mass is 630 g/mol. The minimum absolute atomic E-state index is 0.516. The lowest BCUT2D eigenvalue weighted by Crippen LogP contribution is -2.00. The number of nitrogens with zero attached hydrogens (tertiary/aromatic N) is 4. The van der Waals surface area contributed by atoms with Crippen LogP contribution in [0.3, 0.4) is 0 Å². The molecule has 0 bridgehead atoms. The molecule has 4 aromatic heterocycles. The van der Waals surface area contributed by atoms with Gasteiger partial charge in [-0.25, -0.2) is 19.9 Å². The van der Waals surface area contributed by atoms with Gasteiger partial charge in [0.1, 0.15) is 27.8 Å². The van der Waals surface area contributed by atoms with Crippen molar-refractivity contribution in [3.63, 3.8) is 0 Å². The Bertz CT molecular complexity index is 3050. The summed E-state index contributed by atoms with van der Waals surface area (Å²) in [5.74, 6) is 2.20. The van der Waals surface area contributed by atoms with Crippen molar-refractivity contribution in [3.8, 4) is 45.6 Å². The normalized spacial score (nSPS) is 12.1. The average Bonchev–Trinajstić information content (AvgIpc) is 3.89. The van der Waals surface area contributed by atoms with Crippen LogP contribution in [0.25, 0.3) is 111 Å². The molecule has 0 radical (unpaired) electrons. The first kappa shape index (κ1) is 26.2. The molecule has 0 aliphatic carbocycles. The number of rotatable bonds is 4. The highest BCUT2D eigenvalue weighted by Crippen LogP contribution is 2.45. The van der Waals surface area contributed by atoms with Gasteiger partial charge in [-0.05, 0) is 42.5 Å². The Balaban J connectivity index is 1.21. The molecule has 0 unspecified atom stereocenters. The standard InChI is InChI=1S/C42H22N4O3/c1-3-11-23(12-4-1)39-44-40(46-41(45-39)28-17-10-19-31-34(28)26-15-7-8-18-30(26)47-31)25-21-29-36-33(22-25)48-32-20-9-16-27(35(32)36)37-38(29)49-42(43-37)24-13-5-2-6-14-24/h1-22H. The second-order valence-electron chi connectivity index (χ2n) is 12.2. The van der Waals surface area contributed by atoms with Crippen LogP contribution in [0.2, 0.25) is 0 Å². The van der Waals surface area contributed by atoms with Crippen LogP contribution in [0.15, 0.2) is 147 Å². The third-order valence-electron chi connectivity index (χ3n) is 9.32. The van der Waals surface area contributed by atoms with Gasteiger partial charge in [0.05, 0.1) is 0 Å². The van der Waals surface area contributed by atoms with Crippen LogP contribution >= 0.6 is 0 Å². The van der Waals surface area contributed by atoms with E-state index in [4.69, 9.17) is 33.2 Å². The first-order valence-corrected chi connectivity index (χ1v) is 16.1. The van der Waals surface area contributed by atoms with E-state index in [1.807, 2.05) is 115 Å². The number of hydrogen-bond acceptors (Lipinski definition) is 7. The van der Waals surface area contributed by atoms with Crippen molar-refractivity contribution in [1.82, 2.24) is 19.9 Å². The summed E-state index contributed by atoms with van der Waals surface area (Å²) in [4.78, 5) is 20.3. The zero-order valence-electron chi connectivity index (χ0n) is 25.7. The maximum absolute atomic E-state index is 6.58. The molecule has 0 saturated heterocycles. The molecule has 0 aliphatic heterocycles. The fourth-order valence-corrected chi connectivity index (χ4v) is 7.14. The highest BCUT2D eigenvalue weighted by molar-refractivity contribution is 6.31. The van der Waals surface area contributed by atoms with E-state index >= 15 is 0 Å². The highest BCUT2D eigenvalue weighted by Gasteiger charge is 2.24. The fourth-order valence-electron chi connectivity index (χ4n) is 7.14. The van der Waals surface area contributed by atoms with Crippen molar-refractivity contribution in [2.24, 2.45) is 0 Å². The molecular weight excluding hydrogens is 608 g/mol. The third-order valence-corrected chi connectivity index (χ3v) is 9.32. The van der Waals surface area contributed by atoms with Crippen molar-refractivity contribution >= 4 is 65.7 Å². The van der Waals surface area contributed by atoms with Crippen molar-refractivity contribution in [3.05, 3.63) is 133 Å². The predicted octanol–water partition coefficient (Wildman–Crippen LogP) is 11.1. The maximum Gasteiger partial charge on any atom is 0.227 e. The highest BCUT2D eigenvalue weighted by atomic mass is 16.4. The smallest absolute Gasteiger partial charge is 0.227 e. The van der Waals surface area contributed by atoms with Crippen LogP contribution in [-0.4, -0.2) is 19.9 Å². The van der Waals surface area contributed by atoms with Crippen molar-refractivity contribution in [1.29, 1.82) is 0 Å². The van der Waals surface area contributed by atoms with Crippen molar-refractivity contribution in [2.45, 2.75) is 0 Å². The Morgan fingerprint density at radius 1 is 0.367 bits per heavy atom. The van der Waals surface area contributed by atoms with Gasteiger partial charge in [-0.15, -0.1) is 0 Å². The molecule has 0 N–H and O–H groups in total. The Hall–Kier alpha value is -6.86. The SMILES string of the molecule is c1ccc(-c2nc(-c3cc4oc5cccc6c7nc(-c8ccccc8)oc7c(c3)c4c56)nc(-c3cccc4oc5ccccc5c34)n2)cc1. The molecule has 11 rings (SSSR count). The van der Waals surface area contributed by atoms with E-state index < -0.39 is 0 Å². The number of oxazole rings is 1. The summed E-state index contributed by atoms with van der Waals surface area (Å²) in [6, 6.07) is 44.2. The van der Waals surface area contributed by atoms with Gasteiger partial charge in [-0.3, -0.25) is 0 Å². The third kappa shape index (κ3) is 3.84. The molecule has 0 saturated carbocycles. The Kier molecular flexibility index (Phi) is 5.26. The largest absolute Gasteiger partial charge is 0.456 e. The summed E-state index contributed by atoms with van der Waals surface area (Å²) >= 11 is 0. The van der Waals surface area contributed by atoms with E-state index in [1.165, 1.54) is 0 Å². The molecule has 7 aromatic carbocycles. The molecule has 0 aliphatic rings. The van der Waals surface area contributed by atoms with Gasteiger partial charge >= 0.3 is 0 Å². The summed E-state index contributed by atoms with van der Waals surface area (Å²) in [5.41, 5.74) is 8.03. The molecule has 0 atom stereocenters. The van der Waals surface area contributed by atoms with E-state index in [-0.39, 0.29) is 0 Å². The van der Waals surface area contributed by atoms with Crippen LogP contribution in [0.1, 0.15) is 0 Å². The minimum atomic E-state index is 0.516. The second kappa shape index (κ2) is 9.82. The molecule has 0 spiro atoms. The maximum atomic E-state index is 6.58. The molecule has 11 aromatic rings. The van der Waals surface area contributed by atoms with Crippen molar-refractivity contribution < 1.29 is 13.3 Å². The molecular formula is C42H22N4O3. The zero-order valence-corrected chi connectivity index (χ0v) is 25.7. The molecule has 4 heterocycles. The predicted molar refractivity (Wildman–Crippen MR) is 192 cm³/mol. The van der Waals surface area contributed by atoms with Gasteiger partial charge in [0.2, 0.25) is 5.89 Å². The van der Waals surface area contributed by atoms with Crippen LogP contribution in [-0.2, 0) is 0 Å². The minimum Gasteiger partial charge on any atom is -0.456 e. The molecule has 0 fully saturated rings. The summed E-state index contributed by atoms with van der Waals surface area (Å²) in [6.45, 7) is 0. The topological polar surface area (TPSA) is 91.0 Å². The average molecular weight is 631 g/mol. The van der Waals surface area contributed by atoms with Crippen LogP contribution in [0.5, 0.6) is 0 Å². The lowest BCUT2D eigenvalue weighted by atomic mass is 9.98. The second-order valence-corrected chi connectivity index (χ2v) is 12.2. The Labute approximate surface area is 277 Å². The Morgan fingerprint density at radius 3 is 1.82 bits per heavy atom. The van der Waals surface area contributed by atoms with E-state index in [1.54, 1.807) is 0 Å².